The Morgan fingerprint density at radius 1 is 1.05 bits per heavy atom. The van der Waals surface area contributed by atoms with Gasteiger partial charge in [-0.3, -0.25) is 4.72 Å². The number of fused-ring (bicyclic) bond motifs is 1. The molecule has 6 heteroatoms. The standard InChI is InChI=1S/C15H15BrN2O2S/c16-14-7-5-12(17)9-15(14)21(19,20)18-13-6-4-10-2-1-3-11(10)8-13/h4-9,18H,1-3,17H2. The summed E-state index contributed by atoms with van der Waals surface area (Å²) >= 11 is 3.25. The molecule has 0 heterocycles. The molecule has 110 valence electrons. The SMILES string of the molecule is Nc1ccc(Br)c(S(=O)(=O)Nc2ccc3c(c2)CCC3)c1. The van der Waals surface area contributed by atoms with E-state index in [1.54, 1.807) is 12.1 Å². The Bertz CT molecular complexity index is 803. The molecule has 0 unspecified atom stereocenters. The number of nitrogens with one attached hydrogen (secondary N) is 1. The summed E-state index contributed by atoms with van der Waals surface area (Å²) in [6, 6.07) is 10.4. The van der Waals surface area contributed by atoms with E-state index in [4.69, 9.17) is 5.73 Å². The summed E-state index contributed by atoms with van der Waals surface area (Å²) in [5, 5.41) is 0. The smallest absolute Gasteiger partial charge is 0.263 e. The third kappa shape index (κ3) is 2.91. The van der Waals surface area contributed by atoms with Crippen molar-refractivity contribution in [2.24, 2.45) is 0 Å². The van der Waals surface area contributed by atoms with Crippen molar-refractivity contribution in [1.29, 1.82) is 0 Å². The van der Waals surface area contributed by atoms with Gasteiger partial charge in [-0.2, -0.15) is 0 Å². The summed E-state index contributed by atoms with van der Waals surface area (Å²) < 4.78 is 28.1. The molecule has 0 fully saturated rings. The van der Waals surface area contributed by atoms with Gasteiger partial charge in [-0.15, -0.1) is 0 Å². The Labute approximate surface area is 132 Å². The van der Waals surface area contributed by atoms with Crippen molar-refractivity contribution in [3.05, 3.63) is 52.0 Å². The molecular weight excluding hydrogens is 352 g/mol. The van der Waals surface area contributed by atoms with Gasteiger partial charge in [0.2, 0.25) is 0 Å². The van der Waals surface area contributed by atoms with Crippen LogP contribution in [0, 0.1) is 0 Å². The van der Waals surface area contributed by atoms with E-state index < -0.39 is 10.0 Å². The van der Waals surface area contributed by atoms with Crippen LogP contribution in [0.4, 0.5) is 11.4 Å². The van der Waals surface area contributed by atoms with Gasteiger partial charge in [-0.25, -0.2) is 8.42 Å². The molecule has 0 saturated carbocycles. The molecule has 4 nitrogen and oxygen atoms in total. The minimum atomic E-state index is -3.66. The highest BCUT2D eigenvalue weighted by Crippen LogP contribution is 2.29. The van der Waals surface area contributed by atoms with Crippen LogP contribution in [-0.4, -0.2) is 8.42 Å². The summed E-state index contributed by atoms with van der Waals surface area (Å²) in [4.78, 5) is 0.142. The van der Waals surface area contributed by atoms with Crippen molar-refractivity contribution < 1.29 is 8.42 Å². The zero-order valence-corrected chi connectivity index (χ0v) is 13.7. The van der Waals surface area contributed by atoms with E-state index >= 15 is 0 Å². The molecule has 0 spiro atoms. The van der Waals surface area contributed by atoms with Gasteiger partial charge < -0.3 is 5.73 Å². The van der Waals surface area contributed by atoms with E-state index in [1.165, 1.54) is 17.2 Å². The molecule has 0 saturated heterocycles. The van der Waals surface area contributed by atoms with Gasteiger partial charge in [-0.05, 0) is 76.7 Å². The minimum absolute atomic E-state index is 0.142. The molecule has 0 bridgehead atoms. The fourth-order valence-electron chi connectivity index (χ4n) is 2.57. The van der Waals surface area contributed by atoms with Crippen LogP contribution in [0.3, 0.4) is 0 Å². The van der Waals surface area contributed by atoms with Crippen LogP contribution in [0.15, 0.2) is 45.8 Å². The number of benzene rings is 2. The lowest BCUT2D eigenvalue weighted by Crippen LogP contribution is -2.14. The lowest BCUT2D eigenvalue weighted by atomic mass is 10.1. The minimum Gasteiger partial charge on any atom is -0.399 e. The van der Waals surface area contributed by atoms with Crippen LogP contribution in [0.1, 0.15) is 17.5 Å². The first kappa shape index (κ1) is 14.4. The van der Waals surface area contributed by atoms with Gasteiger partial charge in [0.15, 0.2) is 0 Å². The second kappa shape index (κ2) is 5.35. The summed E-state index contributed by atoms with van der Waals surface area (Å²) in [6.45, 7) is 0. The quantitative estimate of drug-likeness (QED) is 0.818. The third-order valence-corrected chi connectivity index (χ3v) is 5.97. The van der Waals surface area contributed by atoms with Crippen LogP contribution < -0.4 is 10.5 Å². The number of sulfonamides is 1. The van der Waals surface area contributed by atoms with E-state index in [9.17, 15) is 8.42 Å². The topological polar surface area (TPSA) is 72.2 Å². The highest BCUT2D eigenvalue weighted by Gasteiger charge is 2.19. The first-order valence-electron chi connectivity index (χ1n) is 6.65. The number of nitrogen functional groups attached to an aromatic ring is 1. The second-order valence-electron chi connectivity index (χ2n) is 5.13. The molecule has 0 amide bonds. The van der Waals surface area contributed by atoms with E-state index in [0.29, 0.717) is 15.8 Å². The number of aryl methyl sites for hydroxylation is 2. The molecule has 0 atom stereocenters. The predicted molar refractivity (Wildman–Crippen MR) is 87.8 cm³/mol. The maximum absolute atomic E-state index is 12.5. The average molecular weight is 367 g/mol. The van der Waals surface area contributed by atoms with E-state index in [0.717, 1.165) is 19.3 Å². The fraction of sp³-hybridized carbons (Fsp3) is 0.200. The maximum atomic E-state index is 12.5. The van der Waals surface area contributed by atoms with E-state index in [2.05, 4.69) is 20.7 Å². The molecule has 3 rings (SSSR count). The molecule has 1 aliphatic carbocycles. The lowest BCUT2D eigenvalue weighted by molar-refractivity contribution is 0.601. The molecule has 2 aromatic rings. The number of nitrogens with two attached hydrogens (primary N) is 1. The number of halogens is 1. The summed E-state index contributed by atoms with van der Waals surface area (Å²) in [6.07, 6.45) is 3.21. The Kier molecular flexibility index (Phi) is 3.67. The van der Waals surface area contributed by atoms with Gasteiger partial charge in [0.25, 0.3) is 10.0 Å². The predicted octanol–water partition coefficient (Wildman–Crippen LogP) is 3.32. The highest BCUT2D eigenvalue weighted by atomic mass is 79.9. The van der Waals surface area contributed by atoms with E-state index in [1.807, 2.05) is 18.2 Å². The fourth-order valence-corrected chi connectivity index (χ4v) is 4.62. The lowest BCUT2D eigenvalue weighted by Gasteiger charge is -2.11. The van der Waals surface area contributed by atoms with Gasteiger partial charge >= 0.3 is 0 Å². The number of hydrogen-bond acceptors (Lipinski definition) is 3. The van der Waals surface area contributed by atoms with Crippen LogP contribution in [0.2, 0.25) is 0 Å². The molecule has 0 aromatic heterocycles. The zero-order chi connectivity index (χ0) is 15.0. The van der Waals surface area contributed by atoms with Gasteiger partial charge in [0.1, 0.15) is 4.90 Å². The highest BCUT2D eigenvalue weighted by molar-refractivity contribution is 9.10. The first-order valence-corrected chi connectivity index (χ1v) is 8.93. The molecule has 0 aliphatic heterocycles. The molecule has 21 heavy (non-hydrogen) atoms. The van der Waals surface area contributed by atoms with Crippen molar-refractivity contribution in [3.8, 4) is 0 Å². The summed E-state index contributed by atoms with van der Waals surface area (Å²) in [5.41, 5.74) is 9.21. The van der Waals surface area contributed by atoms with Crippen molar-refractivity contribution in [2.45, 2.75) is 24.2 Å². The van der Waals surface area contributed by atoms with Crippen LogP contribution in [0.5, 0.6) is 0 Å². The van der Waals surface area contributed by atoms with Crippen LogP contribution >= 0.6 is 15.9 Å². The zero-order valence-electron chi connectivity index (χ0n) is 11.3. The third-order valence-electron chi connectivity index (χ3n) is 3.60. The van der Waals surface area contributed by atoms with Crippen molar-refractivity contribution >= 4 is 37.3 Å². The largest absolute Gasteiger partial charge is 0.399 e. The van der Waals surface area contributed by atoms with Crippen LogP contribution in [-0.2, 0) is 22.9 Å². The van der Waals surface area contributed by atoms with Crippen molar-refractivity contribution in [1.82, 2.24) is 0 Å². The Morgan fingerprint density at radius 3 is 2.62 bits per heavy atom. The van der Waals surface area contributed by atoms with E-state index in [-0.39, 0.29) is 4.90 Å². The molecule has 2 aromatic carbocycles. The second-order valence-corrected chi connectivity index (χ2v) is 7.64. The monoisotopic (exact) mass is 366 g/mol. The average Bonchev–Trinajstić information content (AvgIpc) is 2.88. The van der Waals surface area contributed by atoms with Gasteiger partial charge in [0.05, 0.1) is 0 Å². The van der Waals surface area contributed by atoms with Crippen molar-refractivity contribution in [2.75, 3.05) is 10.5 Å². The van der Waals surface area contributed by atoms with Gasteiger partial charge in [-0.1, -0.05) is 6.07 Å². The van der Waals surface area contributed by atoms with Crippen LogP contribution in [0.25, 0.3) is 0 Å². The summed E-state index contributed by atoms with van der Waals surface area (Å²) in [5.74, 6) is 0. The number of hydrogen-bond donors (Lipinski definition) is 2. The maximum Gasteiger partial charge on any atom is 0.263 e. The van der Waals surface area contributed by atoms with Gasteiger partial charge in [0, 0.05) is 15.8 Å². The Morgan fingerprint density at radius 2 is 1.81 bits per heavy atom. The Balaban J connectivity index is 1.94. The first-order chi connectivity index (χ1) is 9.95. The molecule has 0 radical (unpaired) electrons. The Hall–Kier alpha value is -1.53. The molecule has 3 N–H and O–H groups in total. The summed E-state index contributed by atoms with van der Waals surface area (Å²) in [7, 11) is -3.66. The number of anilines is 2. The molecular formula is C15H15BrN2O2S. The van der Waals surface area contributed by atoms with Crippen molar-refractivity contribution in [3.63, 3.8) is 0 Å². The normalized spacial score (nSPS) is 14.0. The number of rotatable bonds is 3. The molecule has 1 aliphatic rings.